The number of nitrogens with zero attached hydrogens (tertiary/aromatic N) is 9. The van der Waals surface area contributed by atoms with Gasteiger partial charge in [-0.3, -0.25) is 4.68 Å². The normalized spacial score (nSPS) is 15.1. The summed E-state index contributed by atoms with van der Waals surface area (Å²) in [5.74, 6) is -0.718. The van der Waals surface area contributed by atoms with E-state index in [1.54, 1.807) is 47.5 Å². The minimum absolute atomic E-state index is 0. The van der Waals surface area contributed by atoms with E-state index < -0.39 is 5.82 Å². The maximum absolute atomic E-state index is 15.1. The lowest BCUT2D eigenvalue weighted by molar-refractivity contribution is 0.220. The SMILES string of the molecule is CCN1CCC(c2cc3c(F)cc(-c4cc(C)c5nc(C)sc5n4)cc3nn2)CC1.Cl.Cn1cc2cc(-c3cc4c(F)cc(C5=CCNCC5)cc4nn3)cc(F)c2n1. The molecular formula is C44H42ClF3N10S. The van der Waals surface area contributed by atoms with Crippen LogP contribution < -0.4 is 5.32 Å². The molecule has 1 N–H and O–H groups in total. The Morgan fingerprint density at radius 1 is 0.763 bits per heavy atom. The molecular weight excluding hydrogens is 793 g/mol. The average molecular weight is 835 g/mol. The highest BCUT2D eigenvalue weighted by molar-refractivity contribution is 7.18. The fourth-order valence-electron chi connectivity index (χ4n) is 8.00. The van der Waals surface area contributed by atoms with Crippen molar-refractivity contribution < 1.29 is 13.2 Å². The summed E-state index contributed by atoms with van der Waals surface area (Å²) in [5, 5.41) is 27.2. The molecule has 0 radical (unpaired) electrons. The molecule has 15 heteroatoms. The molecule has 2 aliphatic heterocycles. The molecule has 10 rings (SSSR count). The van der Waals surface area contributed by atoms with Gasteiger partial charge in [0.25, 0.3) is 0 Å². The maximum Gasteiger partial charge on any atom is 0.151 e. The van der Waals surface area contributed by atoms with Gasteiger partial charge in [0.15, 0.2) is 5.82 Å². The van der Waals surface area contributed by atoms with Crippen LogP contribution in [0, 0.1) is 31.3 Å². The first-order valence-electron chi connectivity index (χ1n) is 19.5. The van der Waals surface area contributed by atoms with Crippen LogP contribution in [0.5, 0.6) is 0 Å². The lowest BCUT2D eigenvalue weighted by Gasteiger charge is -2.30. The Kier molecular flexibility index (Phi) is 11.4. The molecule has 302 valence electrons. The number of thiazole rings is 1. The second-order valence-electron chi connectivity index (χ2n) is 15.1. The number of rotatable bonds is 5. The third-order valence-electron chi connectivity index (χ3n) is 11.1. The van der Waals surface area contributed by atoms with Crippen molar-refractivity contribution in [2.24, 2.45) is 7.05 Å². The predicted molar refractivity (Wildman–Crippen MR) is 231 cm³/mol. The third kappa shape index (κ3) is 8.14. The summed E-state index contributed by atoms with van der Waals surface area (Å²) < 4.78 is 45.9. The fourth-order valence-corrected chi connectivity index (χ4v) is 8.86. The van der Waals surface area contributed by atoms with Crippen molar-refractivity contribution >= 4 is 72.4 Å². The number of likely N-dealkylation sites (tertiary alicyclic amines) is 1. The average Bonchev–Trinajstić information content (AvgIpc) is 3.82. The number of piperidine rings is 1. The summed E-state index contributed by atoms with van der Waals surface area (Å²) in [5.41, 5.74) is 8.57. The summed E-state index contributed by atoms with van der Waals surface area (Å²) in [6.45, 7) is 11.0. The van der Waals surface area contributed by atoms with E-state index in [0.717, 1.165) is 95.4 Å². The van der Waals surface area contributed by atoms with Gasteiger partial charge in [-0.2, -0.15) is 15.3 Å². The first kappa shape index (κ1) is 40.4. The van der Waals surface area contributed by atoms with E-state index in [4.69, 9.17) is 4.98 Å². The molecule has 8 aromatic rings. The predicted octanol–water partition coefficient (Wildman–Crippen LogP) is 9.52. The topological polar surface area (TPSA) is 110 Å². The molecule has 2 aliphatic rings. The van der Waals surface area contributed by atoms with Crippen LogP contribution in [0.3, 0.4) is 0 Å². The van der Waals surface area contributed by atoms with E-state index in [9.17, 15) is 8.78 Å². The number of aromatic nitrogens is 8. The van der Waals surface area contributed by atoms with E-state index in [1.165, 1.54) is 12.1 Å². The molecule has 0 saturated carbocycles. The molecule has 0 amide bonds. The molecule has 10 nitrogen and oxygen atoms in total. The number of pyridine rings is 1. The van der Waals surface area contributed by atoms with Crippen molar-refractivity contribution in [2.75, 3.05) is 32.7 Å². The van der Waals surface area contributed by atoms with Gasteiger partial charge in [0.1, 0.15) is 27.5 Å². The summed E-state index contributed by atoms with van der Waals surface area (Å²) in [6.07, 6.45) is 6.74. The van der Waals surface area contributed by atoms with Gasteiger partial charge in [0.2, 0.25) is 0 Å². The van der Waals surface area contributed by atoms with Gasteiger partial charge in [-0.05, 0) is 131 Å². The Morgan fingerprint density at radius 3 is 2.20 bits per heavy atom. The quantitative estimate of drug-likeness (QED) is 0.181. The van der Waals surface area contributed by atoms with E-state index in [-0.39, 0.29) is 24.0 Å². The zero-order valence-electron chi connectivity index (χ0n) is 33.1. The van der Waals surface area contributed by atoms with E-state index >= 15 is 4.39 Å². The zero-order chi connectivity index (χ0) is 40.1. The highest BCUT2D eigenvalue weighted by Gasteiger charge is 2.22. The van der Waals surface area contributed by atoms with E-state index in [1.807, 2.05) is 38.1 Å². The number of halogens is 4. The van der Waals surface area contributed by atoms with Crippen LogP contribution in [0.15, 0.2) is 66.9 Å². The molecule has 0 atom stereocenters. The minimum Gasteiger partial charge on any atom is -0.313 e. The minimum atomic E-state index is -0.441. The van der Waals surface area contributed by atoms with Crippen LogP contribution in [-0.4, -0.2) is 77.8 Å². The van der Waals surface area contributed by atoms with Crippen molar-refractivity contribution in [1.29, 1.82) is 0 Å². The third-order valence-corrected chi connectivity index (χ3v) is 12.0. The molecule has 3 aromatic carbocycles. The molecule has 5 aromatic heterocycles. The first-order valence-corrected chi connectivity index (χ1v) is 20.4. The van der Waals surface area contributed by atoms with E-state index in [0.29, 0.717) is 55.4 Å². The van der Waals surface area contributed by atoms with Crippen LogP contribution in [0.1, 0.15) is 53.9 Å². The van der Waals surface area contributed by atoms with Crippen LogP contribution in [0.2, 0.25) is 0 Å². The van der Waals surface area contributed by atoms with Gasteiger partial charge in [-0.1, -0.05) is 24.3 Å². The lowest BCUT2D eigenvalue weighted by Crippen LogP contribution is -2.32. The van der Waals surface area contributed by atoms with Crippen molar-refractivity contribution in [3.05, 3.63) is 106 Å². The summed E-state index contributed by atoms with van der Waals surface area (Å²) in [4.78, 5) is 12.6. The lowest BCUT2D eigenvalue weighted by atomic mass is 9.92. The molecule has 7 heterocycles. The number of hydrogen-bond donors (Lipinski definition) is 1. The Morgan fingerprint density at radius 2 is 1.46 bits per heavy atom. The molecule has 0 aliphatic carbocycles. The molecule has 0 spiro atoms. The summed E-state index contributed by atoms with van der Waals surface area (Å²) in [7, 11) is 1.74. The van der Waals surface area contributed by atoms with Crippen molar-refractivity contribution in [1.82, 2.24) is 50.4 Å². The monoisotopic (exact) mass is 834 g/mol. The second-order valence-corrected chi connectivity index (χ2v) is 16.3. The zero-order valence-corrected chi connectivity index (χ0v) is 34.7. The number of aryl methyl sites for hydroxylation is 3. The van der Waals surface area contributed by atoms with Gasteiger partial charge >= 0.3 is 0 Å². The van der Waals surface area contributed by atoms with Gasteiger partial charge < -0.3 is 10.2 Å². The highest BCUT2D eigenvalue weighted by atomic mass is 35.5. The molecule has 1 saturated heterocycles. The van der Waals surface area contributed by atoms with Gasteiger partial charge in [0, 0.05) is 53.0 Å². The van der Waals surface area contributed by atoms with Crippen LogP contribution >= 0.6 is 23.7 Å². The number of fused-ring (bicyclic) bond motifs is 4. The molecule has 1 fully saturated rings. The Balaban J connectivity index is 0.000000162. The number of nitrogens with one attached hydrogen (secondary N) is 1. The Labute approximate surface area is 349 Å². The molecule has 0 unspecified atom stereocenters. The second kappa shape index (κ2) is 16.7. The Hall–Kier alpha value is -5.41. The largest absolute Gasteiger partial charge is 0.313 e. The van der Waals surface area contributed by atoms with Gasteiger partial charge in [0.05, 0.1) is 33.1 Å². The fraction of sp³-hybridized carbons (Fsp3) is 0.295. The van der Waals surface area contributed by atoms with Crippen molar-refractivity contribution in [2.45, 2.75) is 46.0 Å². The molecule has 0 bridgehead atoms. The maximum atomic E-state index is 15.1. The van der Waals surface area contributed by atoms with Crippen LogP contribution in [-0.2, 0) is 7.05 Å². The van der Waals surface area contributed by atoms with Gasteiger partial charge in [-0.15, -0.1) is 22.6 Å². The van der Waals surface area contributed by atoms with Crippen molar-refractivity contribution in [3.63, 3.8) is 0 Å². The van der Waals surface area contributed by atoms with Gasteiger partial charge in [-0.25, -0.2) is 23.1 Å². The smallest absolute Gasteiger partial charge is 0.151 e. The summed E-state index contributed by atoms with van der Waals surface area (Å²) in [6, 6.07) is 15.5. The van der Waals surface area contributed by atoms with Crippen LogP contribution in [0.25, 0.3) is 71.1 Å². The Bertz CT molecular complexity index is 2900. The molecule has 59 heavy (non-hydrogen) atoms. The summed E-state index contributed by atoms with van der Waals surface area (Å²) >= 11 is 1.56. The van der Waals surface area contributed by atoms with E-state index in [2.05, 4.69) is 53.7 Å². The van der Waals surface area contributed by atoms with Crippen molar-refractivity contribution in [3.8, 4) is 22.5 Å². The number of hydrogen-bond acceptors (Lipinski definition) is 10. The number of benzene rings is 3. The standard InChI is InChI=1S/C23H24FN5S.C21H17F2N5.ClH/c1-4-29-7-5-15(6-8-29)20-12-17-18(24)10-16(11-21(17)28-27-20)19-9-13(2)22-23(26-19)30-14(3)25-22;1-28-11-15-6-14(8-18(23)21(15)27-28)19-10-16-17(22)7-13(9-20(16)26-25-19)12-2-4-24-5-3-12;/h9-12,15H,4-8H2,1-3H3;2,6-11,24H,3-5H2,1H3;1H. The van der Waals surface area contributed by atoms with Crippen LogP contribution in [0.4, 0.5) is 13.2 Å². The first-order chi connectivity index (χ1) is 28.1. The highest BCUT2D eigenvalue weighted by Crippen LogP contribution is 2.34.